The van der Waals surface area contributed by atoms with Crippen molar-refractivity contribution in [3.05, 3.63) is 0 Å². The van der Waals surface area contributed by atoms with Crippen LogP contribution in [0.3, 0.4) is 0 Å². The van der Waals surface area contributed by atoms with Gasteiger partial charge < -0.3 is 19.9 Å². The van der Waals surface area contributed by atoms with Crippen LogP contribution in [0.1, 0.15) is 6.42 Å². The molecule has 6 nitrogen and oxygen atoms in total. The average molecular weight is 280 g/mol. The highest BCUT2D eigenvalue weighted by Gasteiger charge is 2.19. The summed E-state index contributed by atoms with van der Waals surface area (Å²) in [6.07, 6.45) is 0.321. The fourth-order valence-electron chi connectivity index (χ4n) is 1.69. The molecule has 0 saturated carbocycles. The number of nitrogens with one attached hydrogen (secondary N) is 1. The minimum Gasteiger partial charge on any atom is -0.384 e. The number of rotatable bonds is 5. The van der Waals surface area contributed by atoms with Gasteiger partial charge in [0.1, 0.15) is 0 Å². The van der Waals surface area contributed by atoms with Gasteiger partial charge in [-0.3, -0.25) is 9.59 Å². The van der Waals surface area contributed by atoms with Gasteiger partial charge in [0.05, 0.1) is 19.6 Å². The molecule has 1 N–H and O–H groups in total. The van der Waals surface area contributed by atoms with Crippen molar-refractivity contribution in [3.63, 3.8) is 0 Å². The van der Waals surface area contributed by atoms with Gasteiger partial charge in [0.2, 0.25) is 11.8 Å². The van der Waals surface area contributed by atoms with Gasteiger partial charge in [-0.2, -0.15) is 0 Å². The van der Waals surface area contributed by atoms with Gasteiger partial charge in [0.15, 0.2) is 0 Å². The second kappa shape index (κ2) is 9.13. The Kier molecular flexibility index (Phi) is 8.70. The van der Waals surface area contributed by atoms with Gasteiger partial charge in [-0.25, -0.2) is 0 Å². The Morgan fingerprint density at radius 1 is 1.33 bits per heavy atom. The number of hydrogen-bond donors (Lipinski definition) is 1. The third-order valence-corrected chi connectivity index (χ3v) is 2.79. The van der Waals surface area contributed by atoms with E-state index in [0.29, 0.717) is 13.0 Å². The highest BCUT2D eigenvalue weighted by molar-refractivity contribution is 5.85. The van der Waals surface area contributed by atoms with Crippen LogP contribution in [0, 0.1) is 0 Å². The molecule has 0 aliphatic carbocycles. The summed E-state index contributed by atoms with van der Waals surface area (Å²) in [5.41, 5.74) is 0. The summed E-state index contributed by atoms with van der Waals surface area (Å²) in [5, 5.41) is 3.18. The molecule has 106 valence electrons. The van der Waals surface area contributed by atoms with Crippen LogP contribution in [-0.4, -0.2) is 75.1 Å². The van der Waals surface area contributed by atoms with E-state index in [-0.39, 0.29) is 30.8 Å². The molecule has 1 fully saturated rings. The van der Waals surface area contributed by atoms with E-state index in [9.17, 15) is 9.59 Å². The van der Waals surface area contributed by atoms with Crippen LogP contribution in [0.15, 0.2) is 0 Å². The lowest BCUT2D eigenvalue weighted by atomic mass is 10.3. The fraction of sp³-hybridized carbons (Fsp3) is 0.818. The Balaban J connectivity index is 0.00000289. The summed E-state index contributed by atoms with van der Waals surface area (Å²) >= 11 is 0. The number of amides is 2. The summed E-state index contributed by atoms with van der Waals surface area (Å²) in [6, 6.07) is 0. The third-order valence-electron chi connectivity index (χ3n) is 2.79. The third kappa shape index (κ3) is 5.66. The zero-order chi connectivity index (χ0) is 12.7. The maximum Gasteiger partial charge on any atom is 0.242 e. The largest absolute Gasteiger partial charge is 0.384 e. The molecule has 0 spiro atoms. The molecule has 0 radical (unpaired) electrons. The molecule has 18 heavy (non-hydrogen) atoms. The molecule has 0 atom stereocenters. The summed E-state index contributed by atoms with van der Waals surface area (Å²) in [6.45, 7) is 3.64. The van der Waals surface area contributed by atoms with Crippen molar-refractivity contribution in [1.82, 2.24) is 15.1 Å². The molecule has 0 unspecified atom stereocenters. The number of likely N-dealkylation sites (N-methyl/N-ethyl adjacent to an activating group) is 1. The standard InChI is InChI=1S/C11H21N3O3.ClH/c1-13(10(15)3-8-17-2)9-11(16)14-6-4-12-5-7-14;/h12H,3-9H2,1-2H3;1H. The number of nitrogens with zero attached hydrogens (tertiary/aromatic N) is 2. The quantitative estimate of drug-likeness (QED) is 0.725. The number of halogens is 1. The van der Waals surface area contributed by atoms with E-state index >= 15 is 0 Å². The molecule has 2 amide bonds. The molecule has 0 bridgehead atoms. The van der Waals surface area contributed by atoms with Crippen LogP contribution in [0.2, 0.25) is 0 Å². The van der Waals surface area contributed by atoms with Crippen molar-refractivity contribution in [2.24, 2.45) is 0 Å². The number of hydrogen-bond acceptors (Lipinski definition) is 4. The lowest BCUT2D eigenvalue weighted by Gasteiger charge is -2.29. The van der Waals surface area contributed by atoms with Crippen molar-refractivity contribution in [2.45, 2.75) is 6.42 Å². The molecule has 7 heteroatoms. The first-order valence-corrected chi connectivity index (χ1v) is 5.86. The minimum atomic E-state index is -0.0599. The van der Waals surface area contributed by atoms with Gasteiger partial charge in [-0.1, -0.05) is 0 Å². The molecule has 0 aromatic heterocycles. The number of methoxy groups -OCH3 is 1. The lowest BCUT2D eigenvalue weighted by Crippen LogP contribution is -2.49. The zero-order valence-electron chi connectivity index (χ0n) is 11.0. The Morgan fingerprint density at radius 3 is 2.50 bits per heavy atom. The molecule has 0 aromatic rings. The maximum absolute atomic E-state index is 11.9. The topological polar surface area (TPSA) is 61.9 Å². The molecular formula is C11H22ClN3O3. The fourth-order valence-corrected chi connectivity index (χ4v) is 1.69. The lowest BCUT2D eigenvalue weighted by molar-refractivity contribution is -0.140. The van der Waals surface area contributed by atoms with E-state index in [1.54, 1.807) is 19.1 Å². The van der Waals surface area contributed by atoms with E-state index in [1.165, 1.54) is 4.90 Å². The number of ether oxygens (including phenoxy) is 1. The van der Waals surface area contributed by atoms with Crippen LogP contribution in [0.25, 0.3) is 0 Å². The molecule has 1 aliphatic heterocycles. The van der Waals surface area contributed by atoms with Crippen molar-refractivity contribution in [1.29, 1.82) is 0 Å². The van der Waals surface area contributed by atoms with E-state index in [4.69, 9.17) is 4.74 Å². The van der Waals surface area contributed by atoms with Crippen molar-refractivity contribution in [3.8, 4) is 0 Å². The zero-order valence-corrected chi connectivity index (χ0v) is 11.8. The molecule has 1 heterocycles. The van der Waals surface area contributed by atoms with Gasteiger partial charge >= 0.3 is 0 Å². The van der Waals surface area contributed by atoms with Crippen molar-refractivity contribution < 1.29 is 14.3 Å². The van der Waals surface area contributed by atoms with E-state index in [2.05, 4.69) is 5.32 Å². The first-order chi connectivity index (χ1) is 8.15. The molecular weight excluding hydrogens is 258 g/mol. The van der Waals surface area contributed by atoms with E-state index < -0.39 is 0 Å². The van der Waals surface area contributed by atoms with Crippen LogP contribution < -0.4 is 5.32 Å². The van der Waals surface area contributed by atoms with Crippen molar-refractivity contribution >= 4 is 24.2 Å². The monoisotopic (exact) mass is 279 g/mol. The maximum atomic E-state index is 11.9. The summed E-state index contributed by atoms with van der Waals surface area (Å²) in [7, 11) is 3.21. The smallest absolute Gasteiger partial charge is 0.242 e. The van der Waals surface area contributed by atoms with Gasteiger partial charge in [-0.05, 0) is 0 Å². The summed E-state index contributed by atoms with van der Waals surface area (Å²) in [5.74, 6) is -0.0462. The normalized spacial score (nSPS) is 14.9. The SMILES string of the molecule is COCCC(=O)N(C)CC(=O)N1CCNCC1.Cl. The highest BCUT2D eigenvalue weighted by atomic mass is 35.5. The number of carbonyl (C=O) groups is 2. The second-order valence-electron chi connectivity index (χ2n) is 4.12. The van der Waals surface area contributed by atoms with Gasteiger partial charge in [-0.15, -0.1) is 12.4 Å². The summed E-state index contributed by atoms with van der Waals surface area (Å²) < 4.78 is 4.83. The van der Waals surface area contributed by atoms with Gasteiger partial charge in [0.25, 0.3) is 0 Å². The van der Waals surface area contributed by atoms with Crippen LogP contribution in [-0.2, 0) is 14.3 Å². The van der Waals surface area contributed by atoms with Crippen LogP contribution in [0.4, 0.5) is 0 Å². The Bertz CT molecular complexity index is 270. The molecule has 1 saturated heterocycles. The Labute approximate surface area is 114 Å². The van der Waals surface area contributed by atoms with E-state index in [1.807, 2.05) is 0 Å². The average Bonchev–Trinajstić information content (AvgIpc) is 2.36. The highest BCUT2D eigenvalue weighted by Crippen LogP contribution is 1.97. The summed E-state index contributed by atoms with van der Waals surface area (Å²) in [4.78, 5) is 26.7. The Morgan fingerprint density at radius 2 is 1.94 bits per heavy atom. The Hall–Kier alpha value is -0.850. The predicted molar refractivity (Wildman–Crippen MR) is 70.8 cm³/mol. The second-order valence-corrected chi connectivity index (χ2v) is 4.12. The molecule has 1 aliphatic rings. The van der Waals surface area contributed by atoms with Crippen molar-refractivity contribution in [2.75, 3.05) is 53.5 Å². The molecule has 1 rings (SSSR count). The number of carbonyl (C=O) groups excluding carboxylic acids is 2. The van der Waals surface area contributed by atoms with Gasteiger partial charge in [0, 0.05) is 40.3 Å². The van der Waals surface area contributed by atoms with E-state index in [0.717, 1.165) is 26.2 Å². The first-order valence-electron chi connectivity index (χ1n) is 5.86. The minimum absolute atomic E-state index is 0. The van der Waals surface area contributed by atoms with Crippen LogP contribution in [0.5, 0.6) is 0 Å². The predicted octanol–water partition coefficient (Wildman–Crippen LogP) is -0.665. The number of piperazine rings is 1. The first kappa shape index (κ1) is 17.2. The molecule has 0 aromatic carbocycles. The van der Waals surface area contributed by atoms with Crippen LogP contribution >= 0.6 is 12.4 Å².